The van der Waals surface area contributed by atoms with Crippen LogP contribution in [-0.2, 0) is 6.42 Å². The Morgan fingerprint density at radius 3 is 2.58 bits per heavy atom. The van der Waals surface area contributed by atoms with Gasteiger partial charge in [0.2, 0.25) is 0 Å². The average molecular weight is 288 g/mol. The minimum absolute atomic E-state index is 0.410. The number of hydrogen-bond donors (Lipinski definition) is 0. The molecule has 0 fully saturated rings. The van der Waals surface area contributed by atoms with Crippen molar-refractivity contribution in [1.29, 1.82) is 0 Å². The number of rotatable bonds is 3. The summed E-state index contributed by atoms with van der Waals surface area (Å²) in [6.07, 6.45) is 0.682. The summed E-state index contributed by atoms with van der Waals surface area (Å²) in [6, 6.07) is 13.8. The first kappa shape index (κ1) is 12.3. The van der Waals surface area contributed by atoms with Crippen LogP contribution in [0.15, 0.2) is 47.8 Å². The van der Waals surface area contributed by atoms with Gasteiger partial charge < -0.3 is 0 Å². The normalized spacial score (nSPS) is 10.6. The van der Waals surface area contributed by atoms with E-state index in [1.165, 1.54) is 0 Å². The molecule has 1 aromatic carbocycles. The zero-order chi connectivity index (χ0) is 13.1. The topological polar surface area (TPSA) is 38.7 Å². The Hall–Kier alpha value is -1.78. The minimum atomic E-state index is 0.410. The van der Waals surface area contributed by atoms with Gasteiger partial charge in [0.05, 0.1) is 16.4 Å². The monoisotopic (exact) mass is 287 g/mol. The molecule has 2 aromatic heterocycles. The summed E-state index contributed by atoms with van der Waals surface area (Å²) < 4.78 is 0. The van der Waals surface area contributed by atoms with Gasteiger partial charge in [-0.3, -0.25) is 0 Å². The molecular weight excluding hydrogens is 278 g/mol. The highest BCUT2D eigenvalue weighted by Crippen LogP contribution is 2.22. The third-order valence-corrected chi connectivity index (χ3v) is 3.69. The molecule has 5 heteroatoms. The molecule has 0 aliphatic heterocycles. The molecule has 0 saturated carbocycles. The van der Waals surface area contributed by atoms with Gasteiger partial charge in [0.25, 0.3) is 0 Å². The Balaban J connectivity index is 1.80. The van der Waals surface area contributed by atoms with Crippen LogP contribution in [0.1, 0.15) is 10.7 Å². The molecule has 3 rings (SSSR count). The molecule has 0 aliphatic carbocycles. The van der Waals surface area contributed by atoms with Crippen molar-refractivity contribution < 1.29 is 0 Å². The van der Waals surface area contributed by atoms with Gasteiger partial charge in [-0.05, 0) is 12.1 Å². The fourth-order valence-corrected chi connectivity index (χ4v) is 2.65. The molecule has 0 aliphatic rings. The summed E-state index contributed by atoms with van der Waals surface area (Å²) in [5.74, 6) is 0. The Kier molecular flexibility index (Phi) is 3.53. The molecule has 0 atom stereocenters. The van der Waals surface area contributed by atoms with Crippen molar-refractivity contribution in [3.05, 3.63) is 63.7 Å². The summed E-state index contributed by atoms with van der Waals surface area (Å²) >= 11 is 7.34. The van der Waals surface area contributed by atoms with Gasteiger partial charge in [0.15, 0.2) is 5.15 Å². The number of halogens is 1. The minimum Gasteiger partial charge on any atom is -0.241 e. The predicted octanol–water partition coefficient (Wildman–Crippen LogP) is 3.84. The first-order valence-electron chi connectivity index (χ1n) is 5.79. The predicted molar refractivity (Wildman–Crippen MR) is 77.4 cm³/mol. The van der Waals surface area contributed by atoms with Crippen LogP contribution in [0.25, 0.3) is 11.3 Å². The third kappa shape index (κ3) is 2.97. The molecule has 94 valence electrons. The zero-order valence-electron chi connectivity index (χ0n) is 9.95. The van der Waals surface area contributed by atoms with E-state index in [1.807, 2.05) is 24.3 Å². The Morgan fingerprint density at radius 2 is 1.84 bits per heavy atom. The standard InChI is InChI=1S/C14H10ClN3S/c15-13-7-6-11(17-18-13)8-14-16-12(9-19-14)10-4-2-1-3-5-10/h1-7,9H,8H2. The van der Waals surface area contributed by atoms with Gasteiger partial charge in [-0.25, -0.2) is 4.98 Å². The fraction of sp³-hybridized carbons (Fsp3) is 0.0714. The van der Waals surface area contributed by atoms with E-state index >= 15 is 0 Å². The van der Waals surface area contributed by atoms with E-state index in [9.17, 15) is 0 Å². The van der Waals surface area contributed by atoms with Crippen LogP contribution >= 0.6 is 22.9 Å². The van der Waals surface area contributed by atoms with Gasteiger partial charge in [-0.2, -0.15) is 5.10 Å². The van der Waals surface area contributed by atoms with Crippen LogP contribution in [0.5, 0.6) is 0 Å². The molecule has 0 saturated heterocycles. The first-order valence-corrected chi connectivity index (χ1v) is 7.05. The summed E-state index contributed by atoms with van der Waals surface area (Å²) in [7, 11) is 0. The van der Waals surface area contributed by atoms with E-state index < -0.39 is 0 Å². The van der Waals surface area contributed by atoms with Crippen molar-refractivity contribution in [1.82, 2.24) is 15.2 Å². The number of nitrogens with zero attached hydrogens (tertiary/aromatic N) is 3. The maximum Gasteiger partial charge on any atom is 0.151 e. The van der Waals surface area contributed by atoms with Crippen LogP contribution < -0.4 is 0 Å². The van der Waals surface area contributed by atoms with E-state index in [0.29, 0.717) is 11.6 Å². The second kappa shape index (κ2) is 5.47. The van der Waals surface area contributed by atoms with Gasteiger partial charge in [-0.1, -0.05) is 41.9 Å². The van der Waals surface area contributed by atoms with Crippen LogP contribution in [-0.4, -0.2) is 15.2 Å². The van der Waals surface area contributed by atoms with Crippen molar-refractivity contribution in [2.24, 2.45) is 0 Å². The first-order chi connectivity index (χ1) is 9.31. The molecule has 0 spiro atoms. The Morgan fingerprint density at radius 1 is 1.00 bits per heavy atom. The van der Waals surface area contributed by atoms with E-state index in [2.05, 4.69) is 32.7 Å². The largest absolute Gasteiger partial charge is 0.241 e. The Bertz CT molecular complexity index is 665. The van der Waals surface area contributed by atoms with E-state index in [0.717, 1.165) is 22.0 Å². The van der Waals surface area contributed by atoms with Crippen LogP contribution in [0.4, 0.5) is 0 Å². The SMILES string of the molecule is Clc1ccc(Cc2nc(-c3ccccc3)cs2)nn1. The zero-order valence-corrected chi connectivity index (χ0v) is 11.5. The fourth-order valence-electron chi connectivity index (χ4n) is 1.73. The second-order valence-electron chi connectivity index (χ2n) is 4.02. The Labute approximate surface area is 119 Å². The number of benzene rings is 1. The van der Waals surface area contributed by atoms with Crippen LogP contribution in [0.2, 0.25) is 5.15 Å². The quantitative estimate of drug-likeness (QED) is 0.734. The maximum atomic E-state index is 5.71. The molecule has 0 radical (unpaired) electrons. The number of thiazole rings is 1. The lowest BCUT2D eigenvalue weighted by Crippen LogP contribution is -1.93. The molecule has 0 amide bonds. The lowest BCUT2D eigenvalue weighted by Gasteiger charge is -1.96. The van der Waals surface area contributed by atoms with E-state index in [4.69, 9.17) is 11.6 Å². The average Bonchev–Trinajstić information content (AvgIpc) is 2.91. The summed E-state index contributed by atoms with van der Waals surface area (Å²) in [6.45, 7) is 0. The molecule has 0 unspecified atom stereocenters. The van der Waals surface area contributed by atoms with Gasteiger partial charge in [0.1, 0.15) is 0 Å². The van der Waals surface area contributed by atoms with Crippen molar-refractivity contribution in [2.75, 3.05) is 0 Å². The smallest absolute Gasteiger partial charge is 0.151 e. The lowest BCUT2D eigenvalue weighted by atomic mass is 10.2. The molecular formula is C14H10ClN3S. The van der Waals surface area contributed by atoms with Gasteiger partial charge in [0, 0.05) is 17.4 Å². The molecule has 3 nitrogen and oxygen atoms in total. The maximum absolute atomic E-state index is 5.71. The summed E-state index contributed by atoms with van der Waals surface area (Å²) in [5.41, 5.74) is 3.01. The van der Waals surface area contributed by atoms with Crippen molar-refractivity contribution in [3.8, 4) is 11.3 Å². The number of hydrogen-bond acceptors (Lipinski definition) is 4. The summed E-state index contributed by atoms with van der Waals surface area (Å²) in [4.78, 5) is 4.62. The molecule has 0 bridgehead atoms. The molecule has 3 aromatic rings. The van der Waals surface area contributed by atoms with E-state index in [1.54, 1.807) is 17.4 Å². The highest BCUT2D eigenvalue weighted by Gasteiger charge is 2.06. The van der Waals surface area contributed by atoms with Crippen LogP contribution in [0.3, 0.4) is 0 Å². The van der Waals surface area contributed by atoms with Gasteiger partial charge in [-0.15, -0.1) is 16.4 Å². The van der Waals surface area contributed by atoms with Crippen LogP contribution in [0, 0.1) is 0 Å². The van der Waals surface area contributed by atoms with Crippen molar-refractivity contribution in [3.63, 3.8) is 0 Å². The van der Waals surface area contributed by atoms with E-state index in [-0.39, 0.29) is 0 Å². The molecule has 19 heavy (non-hydrogen) atoms. The molecule has 0 N–H and O–H groups in total. The highest BCUT2D eigenvalue weighted by atomic mass is 35.5. The van der Waals surface area contributed by atoms with Gasteiger partial charge >= 0.3 is 0 Å². The van der Waals surface area contributed by atoms with Crippen molar-refractivity contribution >= 4 is 22.9 Å². The van der Waals surface area contributed by atoms with Crippen molar-refractivity contribution in [2.45, 2.75) is 6.42 Å². The molecule has 2 heterocycles. The lowest BCUT2D eigenvalue weighted by molar-refractivity contribution is 0.932. The highest BCUT2D eigenvalue weighted by molar-refractivity contribution is 7.10. The number of aromatic nitrogens is 3. The third-order valence-electron chi connectivity index (χ3n) is 2.64. The summed E-state index contributed by atoms with van der Waals surface area (Å²) in [5, 5.41) is 11.4. The second-order valence-corrected chi connectivity index (χ2v) is 5.35.